The number of carboxylic acid groups (broad SMARTS) is 1. The molecule has 0 radical (unpaired) electrons. The number of aliphatic hydroxyl groups excluding tert-OH is 1. The van der Waals surface area contributed by atoms with Gasteiger partial charge in [-0.1, -0.05) is 33.6 Å². The molecule has 0 spiro atoms. The van der Waals surface area contributed by atoms with Gasteiger partial charge in [0.15, 0.2) is 0 Å². The lowest BCUT2D eigenvalue weighted by atomic mass is 9.44. The third-order valence-electron chi connectivity index (χ3n) is 11.1. The van der Waals surface area contributed by atoms with E-state index >= 15 is 0 Å². The quantitative estimate of drug-likeness (QED) is 0.603. The van der Waals surface area contributed by atoms with Gasteiger partial charge in [-0.3, -0.25) is 9.59 Å². The number of nitrogens with zero attached hydrogens (tertiary/aromatic N) is 1. The minimum absolute atomic E-state index is 0.0472. The van der Waals surface area contributed by atoms with Crippen molar-refractivity contribution >= 4 is 11.9 Å². The van der Waals surface area contributed by atoms with E-state index in [0.29, 0.717) is 35.5 Å². The number of amides is 1. The Labute approximate surface area is 194 Å². The van der Waals surface area contributed by atoms with E-state index in [9.17, 15) is 14.7 Å². The van der Waals surface area contributed by atoms with Crippen molar-refractivity contribution in [2.24, 2.45) is 46.3 Å². The van der Waals surface area contributed by atoms with E-state index < -0.39 is 5.97 Å². The molecule has 5 heteroatoms. The normalized spacial score (nSPS) is 44.2. The second-order valence-corrected chi connectivity index (χ2v) is 12.4. The molecule has 182 valence electrons. The van der Waals surface area contributed by atoms with Gasteiger partial charge in [0.1, 0.15) is 6.54 Å². The van der Waals surface area contributed by atoms with Gasteiger partial charge >= 0.3 is 5.97 Å². The maximum Gasteiger partial charge on any atom is 0.323 e. The van der Waals surface area contributed by atoms with Gasteiger partial charge in [0.2, 0.25) is 5.91 Å². The minimum atomic E-state index is -0.971. The zero-order valence-electron chi connectivity index (χ0n) is 20.7. The van der Waals surface area contributed by atoms with Gasteiger partial charge in [-0.05, 0) is 97.7 Å². The lowest BCUT2D eigenvalue weighted by molar-refractivity contribution is -0.168. The van der Waals surface area contributed by atoms with Crippen molar-refractivity contribution in [2.75, 3.05) is 13.6 Å². The highest BCUT2D eigenvalue weighted by molar-refractivity contribution is 5.80. The van der Waals surface area contributed by atoms with Gasteiger partial charge in [-0.25, -0.2) is 0 Å². The lowest BCUT2D eigenvalue weighted by Crippen LogP contribution is -2.58. The predicted molar refractivity (Wildman–Crippen MR) is 125 cm³/mol. The summed E-state index contributed by atoms with van der Waals surface area (Å²) in [6.07, 6.45) is 12.5. The van der Waals surface area contributed by atoms with Gasteiger partial charge in [0, 0.05) is 13.5 Å². The molecule has 0 bridgehead atoms. The number of fused-ring (bicyclic) bond motifs is 5. The van der Waals surface area contributed by atoms with Crippen molar-refractivity contribution in [3.05, 3.63) is 0 Å². The molecular formula is C27H45NO4. The average molecular weight is 448 g/mol. The molecule has 4 fully saturated rings. The Balaban J connectivity index is 1.45. The average Bonchev–Trinajstić information content (AvgIpc) is 3.10. The Kier molecular flexibility index (Phi) is 6.70. The summed E-state index contributed by atoms with van der Waals surface area (Å²) in [7, 11) is 1.57. The van der Waals surface area contributed by atoms with Crippen LogP contribution in [0.5, 0.6) is 0 Å². The van der Waals surface area contributed by atoms with Crippen LogP contribution < -0.4 is 0 Å². The van der Waals surface area contributed by atoms with E-state index in [1.807, 2.05) is 0 Å². The first-order chi connectivity index (χ1) is 15.1. The van der Waals surface area contributed by atoms with Crippen molar-refractivity contribution in [1.29, 1.82) is 0 Å². The zero-order valence-corrected chi connectivity index (χ0v) is 20.7. The molecular weight excluding hydrogens is 402 g/mol. The maximum absolute atomic E-state index is 12.4. The Morgan fingerprint density at radius 2 is 1.81 bits per heavy atom. The number of hydrogen-bond donors (Lipinski definition) is 2. The number of carbonyl (C=O) groups excluding carboxylic acids is 1. The molecule has 9 atom stereocenters. The molecule has 0 aliphatic heterocycles. The summed E-state index contributed by atoms with van der Waals surface area (Å²) in [5.41, 5.74) is 0.378. The molecule has 1 amide bonds. The Hall–Kier alpha value is -1.10. The monoisotopic (exact) mass is 447 g/mol. The SMILES string of the molecule is C[C@H](CCC(=O)N(C)CC(=O)O)[C@H]1CC[C@H]2[C@@H]3CC[C@@H]4CCCC[C@]4(C)[C@H]3C[C@H](O)[C@]12C. The Morgan fingerprint density at radius 1 is 1.06 bits per heavy atom. The van der Waals surface area contributed by atoms with Crippen molar-refractivity contribution in [3.8, 4) is 0 Å². The molecule has 0 aromatic rings. The fourth-order valence-corrected chi connectivity index (χ4v) is 9.25. The van der Waals surface area contributed by atoms with Crippen LogP contribution >= 0.6 is 0 Å². The predicted octanol–water partition coefficient (Wildman–Crippen LogP) is 4.97. The van der Waals surface area contributed by atoms with E-state index in [-0.39, 0.29) is 24.0 Å². The van der Waals surface area contributed by atoms with E-state index in [1.54, 1.807) is 7.05 Å². The second kappa shape index (κ2) is 8.92. The molecule has 5 nitrogen and oxygen atoms in total. The van der Waals surface area contributed by atoms with Crippen LogP contribution in [0.2, 0.25) is 0 Å². The molecule has 4 saturated carbocycles. The second-order valence-electron chi connectivity index (χ2n) is 12.4. The third kappa shape index (κ3) is 3.91. The van der Waals surface area contributed by atoms with Gasteiger partial charge in [-0.15, -0.1) is 0 Å². The number of likely N-dealkylation sites (N-methyl/N-ethyl adjacent to an activating group) is 1. The molecule has 0 saturated heterocycles. The molecule has 0 aromatic heterocycles. The van der Waals surface area contributed by atoms with Crippen LogP contribution in [-0.4, -0.2) is 46.7 Å². The van der Waals surface area contributed by atoms with E-state index in [4.69, 9.17) is 5.11 Å². The fraction of sp³-hybridized carbons (Fsp3) is 0.926. The minimum Gasteiger partial charge on any atom is -0.480 e. The summed E-state index contributed by atoms with van der Waals surface area (Å²) in [6, 6.07) is 0. The summed E-state index contributed by atoms with van der Waals surface area (Å²) in [4.78, 5) is 24.6. The van der Waals surface area contributed by atoms with Crippen LogP contribution in [-0.2, 0) is 9.59 Å². The van der Waals surface area contributed by atoms with Crippen LogP contribution in [0.25, 0.3) is 0 Å². The number of aliphatic carboxylic acids is 1. The summed E-state index contributed by atoms with van der Waals surface area (Å²) in [5, 5.41) is 20.6. The zero-order chi connectivity index (χ0) is 23.3. The highest BCUT2D eigenvalue weighted by Gasteiger charge is 2.63. The van der Waals surface area contributed by atoms with Gasteiger partial charge in [0.05, 0.1) is 6.10 Å². The molecule has 4 rings (SSSR count). The van der Waals surface area contributed by atoms with Crippen molar-refractivity contribution in [2.45, 2.75) is 97.5 Å². The number of carboxylic acids is 1. The van der Waals surface area contributed by atoms with E-state index in [2.05, 4.69) is 20.8 Å². The molecule has 32 heavy (non-hydrogen) atoms. The topological polar surface area (TPSA) is 77.8 Å². The fourth-order valence-electron chi connectivity index (χ4n) is 9.25. The molecule has 0 heterocycles. The highest BCUT2D eigenvalue weighted by Crippen LogP contribution is 2.68. The first-order valence-electron chi connectivity index (χ1n) is 13.2. The van der Waals surface area contributed by atoms with Crippen LogP contribution in [0.3, 0.4) is 0 Å². The van der Waals surface area contributed by atoms with Crippen LogP contribution in [0, 0.1) is 46.3 Å². The van der Waals surface area contributed by atoms with Crippen molar-refractivity contribution < 1.29 is 19.8 Å². The van der Waals surface area contributed by atoms with E-state index in [0.717, 1.165) is 31.1 Å². The van der Waals surface area contributed by atoms with Gasteiger partial charge in [0.25, 0.3) is 0 Å². The van der Waals surface area contributed by atoms with Crippen molar-refractivity contribution in [3.63, 3.8) is 0 Å². The summed E-state index contributed by atoms with van der Waals surface area (Å²) < 4.78 is 0. The first-order valence-corrected chi connectivity index (χ1v) is 13.2. The first kappa shape index (κ1) is 24.0. The summed E-state index contributed by atoms with van der Waals surface area (Å²) in [5.74, 6) is 2.64. The van der Waals surface area contributed by atoms with Crippen molar-refractivity contribution in [1.82, 2.24) is 4.90 Å². The molecule has 4 aliphatic carbocycles. The highest BCUT2D eigenvalue weighted by atomic mass is 16.4. The number of aliphatic hydroxyl groups is 1. The van der Waals surface area contributed by atoms with E-state index in [1.165, 1.54) is 49.8 Å². The lowest BCUT2D eigenvalue weighted by Gasteiger charge is -2.62. The number of carbonyl (C=O) groups is 2. The van der Waals surface area contributed by atoms with Crippen LogP contribution in [0.4, 0.5) is 0 Å². The summed E-state index contributed by atoms with van der Waals surface area (Å²) >= 11 is 0. The largest absolute Gasteiger partial charge is 0.480 e. The smallest absolute Gasteiger partial charge is 0.323 e. The maximum atomic E-state index is 12.4. The Bertz CT molecular complexity index is 724. The van der Waals surface area contributed by atoms with Gasteiger partial charge in [-0.2, -0.15) is 0 Å². The standard InChI is InChI=1S/C27H45NO4/c1-17(8-13-24(30)28(4)16-25(31)32)20-11-12-21-19-10-9-18-7-5-6-14-26(18,2)22(19)15-23(29)27(20,21)3/h17-23,29H,5-16H2,1-4H3,(H,31,32)/t17-,18+,19+,20-,21+,22+,23+,26+,27-/m1/s1. The van der Waals surface area contributed by atoms with Gasteiger partial charge < -0.3 is 15.1 Å². The summed E-state index contributed by atoms with van der Waals surface area (Å²) in [6.45, 7) is 6.93. The molecule has 0 unspecified atom stereocenters. The molecule has 2 N–H and O–H groups in total. The third-order valence-corrected chi connectivity index (χ3v) is 11.1. The molecule has 0 aromatic carbocycles. The Morgan fingerprint density at radius 3 is 2.53 bits per heavy atom. The van der Waals surface area contributed by atoms with Crippen LogP contribution in [0.15, 0.2) is 0 Å². The number of hydrogen-bond acceptors (Lipinski definition) is 3. The van der Waals surface area contributed by atoms with Crippen LogP contribution in [0.1, 0.15) is 91.4 Å². The molecule has 4 aliphatic rings. The number of rotatable bonds is 6.